The summed E-state index contributed by atoms with van der Waals surface area (Å²) in [6.07, 6.45) is 1.93. The van der Waals surface area contributed by atoms with Crippen LogP contribution in [0.3, 0.4) is 0 Å². The molecule has 3 nitrogen and oxygen atoms in total. The average molecular weight is 355 g/mol. The molecule has 1 rings (SSSR count). The molecular weight excluding hydrogens is 338 g/mol. The minimum atomic E-state index is -0.165. The molecule has 2 amide bonds. The summed E-state index contributed by atoms with van der Waals surface area (Å²) in [7, 11) is 0. The van der Waals surface area contributed by atoms with Crippen LogP contribution in [0.4, 0.5) is 0 Å². The molecule has 1 fully saturated rings. The van der Waals surface area contributed by atoms with Gasteiger partial charge in [0.1, 0.15) is 0 Å². The number of imide groups is 1. The van der Waals surface area contributed by atoms with Crippen LogP contribution in [0.5, 0.6) is 0 Å². The molecule has 16 heavy (non-hydrogen) atoms. The Kier molecular flexibility index (Phi) is 4.98. The molecule has 0 bridgehead atoms. The monoisotopic (exact) mass is 353 g/mol. The fraction of sp³-hybridized carbons (Fsp3) is 0.818. The summed E-state index contributed by atoms with van der Waals surface area (Å²) in [4.78, 5) is 25.1. The standard InChI is InChI=1S/C11H17Br2NO2/c1-6-4-9(12)5-10(13)11(6)14(7(2)15)8(3)16/h6,9-11H,4-5H2,1-3H3. The van der Waals surface area contributed by atoms with E-state index >= 15 is 0 Å². The molecular formula is C11H17Br2NO2. The summed E-state index contributed by atoms with van der Waals surface area (Å²) in [5.41, 5.74) is 0. The first-order chi connectivity index (χ1) is 7.34. The Hall–Kier alpha value is 0.1000. The molecule has 0 N–H and O–H groups in total. The fourth-order valence-electron chi connectivity index (χ4n) is 2.44. The molecule has 5 heteroatoms. The number of hydrogen-bond acceptors (Lipinski definition) is 2. The lowest BCUT2D eigenvalue weighted by Crippen LogP contribution is -2.53. The van der Waals surface area contributed by atoms with Crippen molar-refractivity contribution in [1.29, 1.82) is 0 Å². The number of rotatable bonds is 1. The molecule has 1 saturated carbocycles. The second-order valence-electron chi connectivity index (χ2n) is 4.46. The van der Waals surface area contributed by atoms with Gasteiger partial charge < -0.3 is 0 Å². The quantitative estimate of drug-likeness (QED) is 0.679. The molecule has 0 aliphatic heterocycles. The van der Waals surface area contributed by atoms with E-state index in [4.69, 9.17) is 0 Å². The van der Waals surface area contributed by atoms with Crippen LogP contribution in [-0.4, -0.2) is 32.4 Å². The molecule has 0 aromatic heterocycles. The molecule has 4 atom stereocenters. The lowest BCUT2D eigenvalue weighted by molar-refractivity contribution is -0.146. The van der Waals surface area contributed by atoms with E-state index in [1.807, 2.05) is 0 Å². The molecule has 1 aliphatic carbocycles. The zero-order chi connectivity index (χ0) is 12.5. The lowest BCUT2D eigenvalue weighted by atomic mass is 9.84. The van der Waals surface area contributed by atoms with Crippen molar-refractivity contribution in [3.63, 3.8) is 0 Å². The van der Waals surface area contributed by atoms with Crippen LogP contribution < -0.4 is 0 Å². The zero-order valence-electron chi connectivity index (χ0n) is 9.74. The van der Waals surface area contributed by atoms with E-state index in [-0.39, 0.29) is 22.7 Å². The highest BCUT2D eigenvalue weighted by Gasteiger charge is 2.39. The predicted octanol–water partition coefficient (Wildman–Crippen LogP) is 2.71. The highest BCUT2D eigenvalue weighted by molar-refractivity contribution is 9.10. The molecule has 92 valence electrons. The minimum Gasteiger partial charge on any atom is -0.279 e. The number of nitrogens with zero attached hydrogens (tertiary/aromatic N) is 1. The van der Waals surface area contributed by atoms with Gasteiger partial charge >= 0.3 is 0 Å². The maximum absolute atomic E-state index is 11.5. The van der Waals surface area contributed by atoms with Crippen molar-refractivity contribution >= 4 is 43.7 Å². The van der Waals surface area contributed by atoms with Gasteiger partial charge in [-0.3, -0.25) is 14.5 Å². The number of carbonyl (C=O) groups is 2. The minimum absolute atomic E-state index is 0.0243. The number of alkyl halides is 2. The summed E-state index contributed by atoms with van der Waals surface area (Å²) < 4.78 is 0. The van der Waals surface area contributed by atoms with Crippen molar-refractivity contribution in [2.24, 2.45) is 5.92 Å². The normalized spacial score (nSPS) is 34.6. The van der Waals surface area contributed by atoms with Gasteiger partial charge in [-0.2, -0.15) is 0 Å². The Labute approximate surface area is 113 Å². The third-order valence-electron chi connectivity index (χ3n) is 3.04. The van der Waals surface area contributed by atoms with Crippen LogP contribution in [0.1, 0.15) is 33.6 Å². The van der Waals surface area contributed by atoms with E-state index in [9.17, 15) is 9.59 Å². The maximum Gasteiger partial charge on any atom is 0.226 e. The average Bonchev–Trinajstić information content (AvgIpc) is 2.09. The van der Waals surface area contributed by atoms with Gasteiger partial charge in [0.15, 0.2) is 0 Å². The lowest BCUT2D eigenvalue weighted by Gasteiger charge is -2.41. The second kappa shape index (κ2) is 5.63. The van der Waals surface area contributed by atoms with Gasteiger partial charge in [-0.15, -0.1) is 0 Å². The highest BCUT2D eigenvalue weighted by atomic mass is 79.9. The van der Waals surface area contributed by atoms with Crippen LogP contribution >= 0.6 is 31.9 Å². The van der Waals surface area contributed by atoms with Crippen LogP contribution in [0.15, 0.2) is 0 Å². The van der Waals surface area contributed by atoms with E-state index in [1.54, 1.807) is 0 Å². The molecule has 0 aromatic carbocycles. The predicted molar refractivity (Wildman–Crippen MR) is 70.8 cm³/mol. The summed E-state index contributed by atoms with van der Waals surface area (Å²) in [6.45, 7) is 4.99. The summed E-state index contributed by atoms with van der Waals surface area (Å²) >= 11 is 7.20. The van der Waals surface area contributed by atoms with E-state index in [1.165, 1.54) is 18.7 Å². The Morgan fingerprint density at radius 3 is 2.00 bits per heavy atom. The summed E-state index contributed by atoms with van der Waals surface area (Å²) in [5, 5.41) is 0. The molecule has 1 aliphatic rings. The van der Waals surface area contributed by atoms with E-state index in [0.29, 0.717) is 10.7 Å². The van der Waals surface area contributed by atoms with Gasteiger partial charge in [-0.05, 0) is 18.8 Å². The fourth-order valence-corrected chi connectivity index (χ4v) is 5.14. The Morgan fingerprint density at radius 2 is 1.62 bits per heavy atom. The second-order valence-corrected chi connectivity index (χ2v) is 6.93. The molecule has 0 heterocycles. The van der Waals surface area contributed by atoms with Crippen LogP contribution in [0.25, 0.3) is 0 Å². The number of halogens is 2. The summed E-state index contributed by atoms with van der Waals surface area (Å²) in [5.74, 6) is -0.0149. The maximum atomic E-state index is 11.5. The number of carbonyl (C=O) groups excluding carboxylic acids is 2. The first-order valence-corrected chi connectivity index (χ1v) is 7.26. The van der Waals surface area contributed by atoms with Crippen LogP contribution in [0, 0.1) is 5.92 Å². The van der Waals surface area contributed by atoms with Crippen LogP contribution in [-0.2, 0) is 9.59 Å². The third-order valence-corrected chi connectivity index (χ3v) is 4.70. The van der Waals surface area contributed by atoms with Gasteiger partial charge in [-0.1, -0.05) is 38.8 Å². The topological polar surface area (TPSA) is 37.4 Å². The Morgan fingerprint density at radius 1 is 1.12 bits per heavy atom. The molecule has 4 unspecified atom stereocenters. The number of amides is 2. The largest absolute Gasteiger partial charge is 0.279 e. The molecule has 0 spiro atoms. The first-order valence-electron chi connectivity index (χ1n) is 5.43. The van der Waals surface area contributed by atoms with Crippen molar-refractivity contribution in [1.82, 2.24) is 4.90 Å². The van der Waals surface area contributed by atoms with Gasteiger partial charge in [-0.25, -0.2) is 0 Å². The third kappa shape index (κ3) is 3.06. The van der Waals surface area contributed by atoms with Gasteiger partial charge in [0.2, 0.25) is 11.8 Å². The van der Waals surface area contributed by atoms with Crippen molar-refractivity contribution in [3.05, 3.63) is 0 Å². The van der Waals surface area contributed by atoms with Gasteiger partial charge in [0.05, 0.1) is 6.04 Å². The number of hydrogen-bond donors (Lipinski definition) is 0. The Bertz CT molecular complexity index is 270. The van der Waals surface area contributed by atoms with Crippen molar-refractivity contribution in [2.45, 2.75) is 49.3 Å². The van der Waals surface area contributed by atoms with E-state index in [2.05, 4.69) is 38.8 Å². The highest BCUT2D eigenvalue weighted by Crippen LogP contribution is 2.36. The van der Waals surface area contributed by atoms with Crippen molar-refractivity contribution < 1.29 is 9.59 Å². The van der Waals surface area contributed by atoms with E-state index < -0.39 is 0 Å². The van der Waals surface area contributed by atoms with Crippen molar-refractivity contribution in [2.75, 3.05) is 0 Å². The van der Waals surface area contributed by atoms with E-state index in [0.717, 1.165) is 12.8 Å². The molecule has 0 aromatic rings. The zero-order valence-corrected chi connectivity index (χ0v) is 12.9. The smallest absolute Gasteiger partial charge is 0.226 e. The van der Waals surface area contributed by atoms with Gasteiger partial charge in [0.25, 0.3) is 0 Å². The van der Waals surface area contributed by atoms with Crippen molar-refractivity contribution in [3.8, 4) is 0 Å². The SMILES string of the molecule is CC(=O)N(C(C)=O)C1C(C)CC(Br)CC1Br. The van der Waals surface area contributed by atoms with Crippen LogP contribution in [0.2, 0.25) is 0 Å². The van der Waals surface area contributed by atoms with Gasteiger partial charge in [0, 0.05) is 23.5 Å². The summed E-state index contributed by atoms with van der Waals surface area (Å²) in [6, 6.07) is -0.0243. The Balaban J connectivity index is 2.91. The molecule has 0 radical (unpaired) electrons. The molecule has 0 saturated heterocycles. The first kappa shape index (κ1) is 14.2.